The van der Waals surface area contributed by atoms with Crippen LogP contribution in [0, 0.1) is 12.7 Å². The summed E-state index contributed by atoms with van der Waals surface area (Å²) in [7, 11) is 0. The molecule has 41 heavy (non-hydrogen) atoms. The lowest BCUT2D eigenvalue weighted by molar-refractivity contribution is -0.114. The second kappa shape index (κ2) is 11.6. The Bertz CT molecular complexity index is 1610. The molecule has 0 aromatic heterocycles. The third-order valence-electron chi connectivity index (χ3n) is 7.47. The number of benzene rings is 4. The number of hydrogen-bond donors (Lipinski definition) is 0. The average Bonchev–Trinajstić information content (AvgIpc) is 3.00. The zero-order valence-corrected chi connectivity index (χ0v) is 23.6. The van der Waals surface area contributed by atoms with Crippen LogP contribution in [0.2, 0.25) is 0 Å². The minimum absolute atomic E-state index is 0.00988. The van der Waals surface area contributed by atoms with E-state index in [1.54, 1.807) is 12.1 Å². The fourth-order valence-electron chi connectivity index (χ4n) is 5.29. The molecule has 4 aromatic rings. The smallest absolute Gasteiger partial charge is 0.265 e. The Kier molecular flexibility index (Phi) is 7.61. The lowest BCUT2D eigenvalue weighted by atomic mass is 10.1. The van der Waals surface area contributed by atoms with Crippen molar-refractivity contribution in [3.63, 3.8) is 0 Å². The molecule has 2 heterocycles. The van der Waals surface area contributed by atoms with Gasteiger partial charge >= 0.3 is 0 Å². The summed E-state index contributed by atoms with van der Waals surface area (Å²) in [5.41, 5.74) is 5.62. The van der Waals surface area contributed by atoms with Gasteiger partial charge in [0.15, 0.2) is 0 Å². The summed E-state index contributed by atoms with van der Waals surface area (Å²) in [6.45, 7) is 5.14. The van der Waals surface area contributed by atoms with Gasteiger partial charge in [0.1, 0.15) is 5.82 Å². The van der Waals surface area contributed by atoms with Gasteiger partial charge in [-0.3, -0.25) is 9.59 Å². The molecule has 1 fully saturated rings. The van der Waals surface area contributed by atoms with Crippen molar-refractivity contribution in [1.29, 1.82) is 0 Å². The van der Waals surface area contributed by atoms with Crippen molar-refractivity contribution in [2.45, 2.75) is 18.4 Å². The zero-order chi connectivity index (χ0) is 28.3. The SMILES string of the molecule is Cc1cccc(CN2C(=O)/C(=C\c3ccc(C(=O)N4CCN(c5ccc(F)cc5)CC4)cc3)Sc3ccccc32)c1. The number of fused-ring (bicyclic) bond motifs is 1. The molecule has 0 spiro atoms. The number of aryl methyl sites for hydroxylation is 1. The first kappa shape index (κ1) is 26.8. The maximum absolute atomic E-state index is 13.7. The van der Waals surface area contributed by atoms with E-state index in [0.717, 1.165) is 33.0 Å². The third-order valence-corrected chi connectivity index (χ3v) is 8.55. The number of hydrogen-bond acceptors (Lipinski definition) is 4. The standard InChI is InChI=1S/C34H30FN3O2S/c1-24-5-4-6-26(21-24)23-38-30-7-2-3-8-31(30)41-32(34(38)40)22-25-9-11-27(12-10-25)33(39)37-19-17-36(18-20-37)29-15-13-28(35)14-16-29/h2-16,21-22H,17-20,23H2,1H3/b32-22+. The van der Waals surface area contributed by atoms with Crippen LogP contribution in [0.3, 0.4) is 0 Å². The fraction of sp³-hybridized carbons (Fsp3) is 0.176. The largest absolute Gasteiger partial charge is 0.368 e. The highest BCUT2D eigenvalue weighted by molar-refractivity contribution is 8.04. The van der Waals surface area contributed by atoms with E-state index in [9.17, 15) is 14.0 Å². The number of rotatable bonds is 5. The number of carbonyl (C=O) groups excluding carboxylic acids is 2. The van der Waals surface area contributed by atoms with Gasteiger partial charge < -0.3 is 14.7 Å². The Morgan fingerprint density at radius 3 is 2.34 bits per heavy atom. The van der Waals surface area contributed by atoms with Crippen LogP contribution in [-0.4, -0.2) is 42.9 Å². The normalized spacial score (nSPS) is 16.2. The summed E-state index contributed by atoms with van der Waals surface area (Å²) < 4.78 is 13.3. The molecule has 6 rings (SSSR count). The van der Waals surface area contributed by atoms with Crippen LogP contribution in [0.15, 0.2) is 107 Å². The Labute approximate surface area is 243 Å². The van der Waals surface area contributed by atoms with Crippen molar-refractivity contribution in [2.75, 3.05) is 36.0 Å². The van der Waals surface area contributed by atoms with Crippen LogP contribution in [0.25, 0.3) is 6.08 Å². The van der Waals surface area contributed by atoms with E-state index in [2.05, 4.69) is 24.0 Å². The topological polar surface area (TPSA) is 43.9 Å². The number of carbonyl (C=O) groups is 2. The number of anilines is 2. The lowest BCUT2D eigenvalue weighted by Gasteiger charge is -2.36. The highest BCUT2D eigenvalue weighted by Crippen LogP contribution is 2.42. The van der Waals surface area contributed by atoms with Gasteiger partial charge in [-0.1, -0.05) is 65.9 Å². The molecule has 7 heteroatoms. The number of para-hydroxylation sites is 1. The second-order valence-electron chi connectivity index (χ2n) is 10.3. The van der Waals surface area contributed by atoms with E-state index in [1.807, 2.05) is 76.5 Å². The van der Waals surface area contributed by atoms with Crippen molar-refractivity contribution >= 4 is 41.0 Å². The monoisotopic (exact) mass is 563 g/mol. The number of nitrogens with zero attached hydrogens (tertiary/aromatic N) is 3. The molecule has 0 bridgehead atoms. The zero-order valence-electron chi connectivity index (χ0n) is 22.8. The van der Waals surface area contributed by atoms with Crippen molar-refractivity contribution in [3.8, 4) is 0 Å². The quantitative estimate of drug-likeness (QED) is 0.251. The molecule has 2 aliphatic heterocycles. The summed E-state index contributed by atoms with van der Waals surface area (Å²) in [4.78, 5) is 34.4. The highest BCUT2D eigenvalue weighted by atomic mass is 32.2. The maximum Gasteiger partial charge on any atom is 0.265 e. The predicted molar refractivity (Wildman–Crippen MR) is 164 cm³/mol. The second-order valence-corrected chi connectivity index (χ2v) is 11.4. The lowest BCUT2D eigenvalue weighted by Crippen LogP contribution is -2.48. The number of thioether (sulfide) groups is 1. The van der Waals surface area contributed by atoms with Gasteiger partial charge in [0.05, 0.1) is 17.1 Å². The Morgan fingerprint density at radius 2 is 1.61 bits per heavy atom. The van der Waals surface area contributed by atoms with Crippen molar-refractivity contribution in [1.82, 2.24) is 4.90 Å². The molecule has 0 atom stereocenters. The molecule has 0 radical (unpaired) electrons. The van der Waals surface area contributed by atoms with Gasteiger partial charge in [0.2, 0.25) is 0 Å². The predicted octanol–water partition coefficient (Wildman–Crippen LogP) is 6.78. The number of piperazine rings is 1. The number of amides is 2. The molecule has 206 valence electrons. The average molecular weight is 564 g/mol. The van der Waals surface area contributed by atoms with E-state index in [0.29, 0.717) is 43.2 Å². The van der Waals surface area contributed by atoms with Gasteiger partial charge in [-0.25, -0.2) is 4.39 Å². The summed E-state index contributed by atoms with van der Waals surface area (Å²) in [5, 5.41) is 0. The minimum atomic E-state index is -0.252. The molecule has 0 unspecified atom stereocenters. The first-order chi connectivity index (χ1) is 19.9. The molecule has 2 aliphatic rings. The molecule has 0 saturated carbocycles. The summed E-state index contributed by atoms with van der Waals surface area (Å²) in [5.74, 6) is -0.295. The third kappa shape index (κ3) is 5.91. The van der Waals surface area contributed by atoms with E-state index < -0.39 is 0 Å². The molecular weight excluding hydrogens is 533 g/mol. The summed E-state index contributed by atoms with van der Waals surface area (Å²) in [6.07, 6.45) is 1.90. The highest BCUT2D eigenvalue weighted by Gasteiger charge is 2.29. The van der Waals surface area contributed by atoms with E-state index in [-0.39, 0.29) is 17.6 Å². The van der Waals surface area contributed by atoms with Gasteiger partial charge in [-0.05, 0) is 72.7 Å². The van der Waals surface area contributed by atoms with Crippen LogP contribution < -0.4 is 9.80 Å². The maximum atomic E-state index is 13.7. The molecular formula is C34H30FN3O2S. The van der Waals surface area contributed by atoms with Gasteiger partial charge in [0, 0.05) is 42.3 Å². The molecule has 2 amide bonds. The fourth-order valence-corrected chi connectivity index (χ4v) is 6.35. The van der Waals surface area contributed by atoms with Crippen LogP contribution in [0.4, 0.5) is 15.8 Å². The van der Waals surface area contributed by atoms with Gasteiger partial charge in [0.25, 0.3) is 11.8 Å². The molecule has 4 aromatic carbocycles. The molecule has 0 aliphatic carbocycles. The Balaban J connectivity index is 1.15. The van der Waals surface area contributed by atoms with Crippen LogP contribution in [0.1, 0.15) is 27.0 Å². The summed E-state index contributed by atoms with van der Waals surface area (Å²) in [6, 6.07) is 30.1. The van der Waals surface area contributed by atoms with E-state index in [4.69, 9.17) is 0 Å². The molecule has 5 nitrogen and oxygen atoms in total. The van der Waals surface area contributed by atoms with Crippen molar-refractivity contribution in [3.05, 3.63) is 130 Å². The first-order valence-electron chi connectivity index (χ1n) is 13.7. The van der Waals surface area contributed by atoms with Crippen molar-refractivity contribution in [2.24, 2.45) is 0 Å². The molecule has 1 saturated heterocycles. The van der Waals surface area contributed by atoms with Crippen LogP contribution in [-0.2, 0) is 11.3 Å². The van der Waals surface area contributed by atoms with Gasteiger partial charge in [-0.2, -0.15) is 0 Å². The molecule has 0 N–H and O–H groups in total. The van der Waals surface area contributed by atoms with Gasteiger partial charge in [-0.15, -0.1) is 0 Å². The van der Waals surface area contributed by atoms with Crippen LogP contribution >= 0.6 is 11.8 Å². The minimum Gasteiger partial charge on any atom is -0.368 e. The van der Waals surface area contributed by atoms with Crippen molar-refractivity contribution < 1.29 is 14.0 Å². The first-order valence-corrected chi connectivity index (χ1v) is 14.5. The Hall–Kier alpha value is -4.36. The van der Waals surface area contributed by atoms with Crippen LogP contribution in [0.5, 0.6) is 0 Å². The number of halogens is 1. The van der Waals surface area contributed by atoms with E-state index >= 15 is 0 Å². The summed E-state index contributed by atoms with van der Waals surface area (Å²) >= 11 is 1.48. The Morgan fingerprint density at radius 1 is 0.878 bits per heavy atom. The van der Waals surface area contributed by atoms with E-state index in [1.165, 1.54) is 23.9 Å².